The predicted octanol–water partition coefficient (Wildman–Crippen LogP) is 1.65. The second-order valence-corrected chi connectivity index (χ2v) is 6.33. The van der Waals surface area contributed by atoms with E-state index in [4.69, 9.17) is 11.6 Å². The SMILES string of the molecule is CN(Cc1ccc(F)c(Cl)c1)C(=O)c1cn(CCCc2noc(=O)[nH]2)nn1. The number of nitrogens with one attached hydrogen (secondary N) is 1. The summed E-state index contributed by atoms with van der Waals surface area (Å²) in [4.78, 5) is 27.2. The van der Waals surface area contributed by atoms with Gasteiger partial charge in [0.1, 0.15) is 5.82 Å². The summed E-state index contributed by atoms with van der Waals surface area (Å²) >= 11 is 5.76. The molecule has 1 N–H and O–H groups in total. The van der Waals surface area contributed by atoms with Gasteiger partial charge in [0.05, 0.1) is 11.2 Å². The molecular formula is C16H16ClFN6O3. The van der Waals surface area contributed by atoms with Crippen LogP contribution in [0.5, 0.6) is 0 Å². The van der Waals surface area contributed by atoms with E-state index in [0.29, 0.717) is 30.8 Å². The van der Waals surface area contributed by atoms with Crippen LogP contribution in [0.1, 0.15) is 28.3 Å². The third-order valence-electron chi connectivity index (χ3n) is 3.79. The Labute approximate surface area is 157 Å². The number of hydrogen-bond donors (Lipinski definition) is 1. The van der Waals surface area contributed by atoms with E-state index in [1.165, 1.54) is 21.7 Å². The molecule has 0 saturated carbocycles. The molecule has 27 heavy (non-hydrogen) atoms. The Bertz CT molecular complexity index is 998. The van der Waals surface area contributed by atoms with Crippen molar-refractivity contribution in [1.82, 2.24) is 30.0 Å². The highest BCUT2D eigenvalue weighted by molar-refractivity contribution is 6.30. The van der Waals surface area contributed by atoms with Crippen LogP contribution in [0.4, 0.5) is 4.39 Å². The van der Waals surface area contributed by atoms with Gasteiger partial charge in [0.25, 0.3) is 5.91 Å². The van der Waals surface area contributed by atoms with E-state index in [-0.39, 0.29) is 23.2 Å². The van der Waals surface area contributed by atoms with E-state index in [1.807, 2.05) is 0 Å². The van der Waals surface area contributed by atoms with Gasteiger partial charge >= 0.3 is 5.76 Å². The summed E-state index contributed by atoms with van der Waals surface area (Å²) in [7, 11) is 1.61. The molecule has 0 saturated heterocycles. The highest BCUT2D eigenvalue weighted by atomic mass is 35.5. The number of H-pyrrole nitrogens is 1. The molecule has 9 nitrogen and oxygen atoms in total. The fraction of sp³-hybridized carbons (Fsp3) is 0.312. The number of nitrogens with zero attached hydrogens (tertiary/aromatic N) is 5. The van der Waals surface area contributed by atoms with Crippen LogP contribution in [-0.4, -0.2) is 43.0 Å². The third-order valence-corrected chi connectivity index (χ3v) is 4.08. The number of carbonyl (C=O) groups is 1. The van der Waals surface area contributed by atoms with Crippen molar-refractivity contribution in [2.24, 2.45) is 0 Å². The van der Waals surface area contributed by atoms with E-state index in [1.54, 1.807) is 19.3 Å². The highest BCUT2D eigenvalue weighted by Crippen LogP contribution is 2.17. The van der Waals surface area contributed by atoms with E-state index < -0.39 is 11.6 Å². The normalized spacial score (nSPS) is 10.9. The topological polar surface area (TPSA) is 110 Å². The van der Waals surface area contributed by atoms with Crippen molar-refractivity contribution < 1.29 is 13.7 Å². The number of aromatic nitrogens is 5. The van der Waals surface area contributed by atoms with Gasteiger partial charge in [-0.15, -0.1) is 5.10 Å². The van der Waals surface area contributed by atoms with Gasteiger partial charge < -0.3 is 4.90 Å². The maximum absolute atomic E-state index is 13.2. The van der Waals surface area contributed by atoms with Crippen LogP contribution in [0, 0.1) is 5.82 Å². The first-order valence-electron chi connectivity index (χ1n) is 8.07. The number of halogens is 2. The predicted molar refractivity (Wildman–Crippen MR) is 92.7 cm³/mol. The molecule has 1 aromatic carbocycles. The molecule has 0 bridgehead atoms. The zero-order chi connectivity index (χ0) is 19.4. The molecule has 3 aromatic rings. The Hall–Kier alpha value is -3.01. The Morgan fingerprint density at radius 2 is 2.26 bits per heavy atom. The van der Waals surface area contributed by atoms with Gasteiger partial charge in [0.2, 0.25) is 0 Å². The summed E-state index contributed by atoms with van der Waals surface area (Å²) in [5.74, 6) is -0.965. The molecule has 2 aromatic heterocycles. The number of benzene rings is 1. The molecule has 142 valence electrons. The second-order valence-electron chi connectivity index (χ2n) is 5.92. The van der Waals surface area contributed by atoms with Gasteiger partial charge in [-0.25, -0.2) is 9.18 Å². The van der Waals surface area contributed by atoms with Crippen LogP contribution in [0.2, 0.25) is 5.02 Å². The molecule has 1 amide bonds. The standard InChI is InChI=1S/C16H16ClFN6O3/c1-23(8-10-4-5-12(18)11(17)7-10)15(25)13-9-24(22-20-13)6-2-3-14-19-16(26)27-21-14/h4-5,7,9H,2-3,6,8H2,1H3,(H,19,21,26). The lowest BCUT2D eigenvalue weighted by Gasteiger charge is -2.15. The zero-order valence-corrected chi connectivity index (χ0v) is 15.1. The van der Waals surface area contributed by atoms with Crippen molar-refractivity contribution in [1.29, 1.82) is 0 Å². The van der Waals surface area contributed by atoms with Crippen LogP contribution >= 0.6 is 11.6 Å². The van der Waals surface area contributed by atoms with Gasteiger partial charge in [-0.1, -0.05) is 28.0 Å². The molecule has 0 atom stereocenters. The number of hydrogen-bond acceptors (Lipinski definition) is 6. The minimum absolute atomic E-state index is 0.00718. The highest BCUT2D eigenvalue weighted by Gasteiger charge is 2.16. The summed E-state index contributed by atoms with van der Waals surface area (Å²) in [5.41, 5.74) is 0.895. The van der Waals surface area contributed by atoms with Gasteiger partial charge in [0.15, 0.2) is 11.5 Å². The van der Waals surface area contributed by atoms with E-state index in [2.05, 4.69) is 25.0 Å². The molecule has 0 aliphatic carbocycles. The Morgan fingerprint density at radius 1 is 1.44 bits per heavy atom. The maximum atomic E-state index is 13.2. The van der Waals surface area contributed by atoms with Gasteiger partial charge in [-0.05, 0) is 24.1 Å². The largest absolute Gasteiger partial charge is 0.438 e. The minimum atomic E-state index is -0.593. The first-order chi connectivity index (χ1) is 12.9. The molecule has 11 heteroatoms. The fourth-order valence-corrected chi connectivity index (χ4v) is 2.66. The van der Waals surface area contributed by atoms with E-state index in [0.717, 1.165) is 0 Å². The molecule has 0 aliphatic heterocycles. The molecule has 3 rings (SSSR count). The van der Waals surface area contributed by atoms with Crippen molar-refractivity contribution in [3.8, 4) is 0 Å². The van der Waals surface area contributed by atoms with Gasteiger partial charge in [-0.3, -0.25) is 19.0 Å². The lowest BCUT2D eigenvalue weighted by atomic mass is 10.2. The number of aryl methyl sites for hydroxylation is 2. The van der Waals surface area contributed by atoms with Crippen molar-refractivity contribution >= 4 is 17.5 Å². The van der Waals surface area contributed by atoms with Crippen molar-refractivity contribution in [3.05, 3.63) is 62.9 Å². The number of aromatic amines is 1. The Balaban J connectivity index is 1.55. The van der Waals surface area contributed by atoms with Crippen LogP contribution in [0.15, 0.2) is 33.7 Å². The molecule has 0 radical (unpaired) electrons. The molecule has 0 unspecified atom stereocenters. The summed E-state index contributed by atoms with van der Waals surface area (Å²) in [6.07, 6.45) is 2.67. The Kier molecular flexibility index (Phi) is 5.65. The molecular weight excluding hydrogens is 379 g/mol. The second kappa shape index (κ2) is 8.12. The molecule has 0 aliphatic rings. The van der Waals surface area contributed by atoms with Gasteiger partial charge in [0, 0.05) is 26.6 Å². The minimum Gasteiger partial charge on any atom is -0.336 e. The fourth-order valence-electron chi connectivity index (χ4n) is 2.46. The smallest absolute Gasteiger partial charge is 0.336 e. The lowest BCUT2D eigenvalue weighted by Crippen LogP contribution is -2.26. The quantitative estimate of drug-likeness (QED) is 0.652. The molecule has 2 heterocycles. The maximum Gasteiger partial charge on any atom is 0.438 e. The van der Waals surface area contributed by atoms with Crippen LogP contribution < -0.4 is 5.76 Å². The lowest BCUT2D eigenvalue weighted by molar-refractivity contribution is 0.0779. The monoisotopic (exact) mass is 394 g/mol. The van der Waals surface area contributed by atoms with E-state index in [9.17, 15) is 14.0 Å². The summed E-state index contributed by atoms with van der Waals surface area (Å²) < 4.78 is 19.2. The van der Waals surface area contributed by atoms with Gasteiger partial charge in [-0.2, -0.15) is 0 Å². The summed E-state index contributed by atoms with van der Waals surface area (Å²) in [6.45, 7) is 0.748. The van der Waals surface area contributed by atoms with Crippen molar-refractivity contribution in [2.75, 3.05) is 7.05 Å². The Morgan fingerprint density at radius 3 is 2.96 bits per heavy atom. The number of amides is 1. The average molecular weight is 395 g/mol. The summed E-state index contributed by atoms with van der Waals surface area (Å²) in [6, 6.07) is 4.30. The van der Waals surface area contributed by atoms with Crippen molar-refractivity contribution in [2.45, 2.75) is 25.9 Å². The van der Waals surface area contributed by atoms with E-state index >= 15 is 0 Å². The first-order valence-corrected chi connectivity index (χ1v) is 8.44. The molecule has 0 fully saturated rings. The van der Waals surface area contributed by atoms with Crippen molar-refractivity contribution in [3.63, 3.8) is 0 Å². The first kappa shape index (κ1) is 18.8. The number of carbonyl (C=O) groups excluding carboxylic acids is 1. The van der Waals surface area contributed by atoms with Crippen LogP contribution in [0.3, 0.4) is 0 Å². The number of rotatable bonds is 7. The zero-order valence-electron chi connectivity index (χ0n) is 14.4. The average Bonchev–Trinajstić information content (AvgIpc) is 3.27. The molecule has 0 spiro atoms. The van der Waals surface area contributed by atoms with Crippen LogP contribution in [0.25, 0.3) is 0 Å². The summed E-state index contributed by atoms with van der Waals surface area (Å²) in [5, 5.41) is 11.4. The third kappa shape index (κ3) is 4.79. The van der Waals surface area contributed by atoms with Crippen LogP contribution in [-0.2, 0) is 19.5 Å².